The molecule has 2 aliphatic carbocycles. The summed E-state index contributed by atoms with van der Waals surface area (Å²) in [5, 5.41) is 0. The lowest BCUT2D eigenvalue weighted by Crippen LogP contribution is -2.04. The zero-order valence-corrected chi connectivity index (χ0v) is 10.7. The van der Waals surface area contributed by atoms with Crippen LogP contribution < -0.4 is 0 Å². The fourth-order valence-electron chi connectivity index (χ4n) is 2.41. The molecule has 0 amide bonds. The molecule has 0 fully saturated rings. The van der Waals surface area contributed by atoms with E-state index in [0.29, 0.717) is 7.69 Å². The predicted molar refractivity (Wildman–Crippen MR) is 71.7 cm³/mol. The van der Waals surface area contributed by atoms with Gasteiger partial charge in [0.15, 0.2) is 0 Å². The van der Waals surface area contributed by atoms with Gasteiger partial charge in [-0.25, -0.2) is 0 Å². The Bertz CT molecular complexity index is 256. The molecule has 0 saturated heterocycles. The molecule has 0 bridgehead atoms. The summed E-state index contributed by atoms with van der Waals surface area (Å²) in [5.41, 5.74) is 0. The molecule has 0 aromatic carbocycles. The van der Waals surface area contributed by atoms with Gasteiger partial charge in [0, 0.05) is 12.8 Å². The third-order valence-electron chi connectivity index (χ3n) is 3.49. The Morgan fingerprint density at radius 1 is 0.706 bits per heavy atom. The van der Waals surface area contributed by atoms with Crippen molar-refractivity contribution < 1.29 is 9.31 Å². The molecule has 2 aliphatic rings. The van der Waals surface area contributed by atoms with E-state index in [1.165, 1.54) is 38.5 Å². The topological polar surface area (TPSA) is 18.5 Å². The van der Waals surface area contributed by atoms with Gasteiger partial charge in [-0.15, -0.1) is 0 Å². The average molecular weight is 234 g/mol. The Kier molecular flexibility index (Phi) is 5.53. The molecule has 0 radical (unpaired) electrons. The van der Waals surface area contributed by atoms with Crippen molar-refractivity contribution in [2.75, 3.05) is 0 Å². The van der Waals surface area contributed by atoms with Crippen molar-refractivity contribution in [1.29, 1.82) is 0 Å². The lowest BCUT2D eigenvalue weighted by atomic mass is 10.2. The van der Waals surface area contributed by atoms with E-state index in [0.717, 1.165) is 37.2 Å². The molecule has 0 heterocycles. The minimum absolute atomic E-state index is 0.400. The van der Waals surface area contributed by atoms with Crippen LogP contribution in [0.1, 0.15) is 64.2 Å². The van der Waals surface area contributed by atoms with Crippen molar-refractivity contribution >= 4 is 7.69 Å². The summed E-state index contributed by atoms with van der Waals surface area (Å²) in [4.78, 5) is 0. The van der Waals surface area contributed by atoms with E-state index in [4.69, 9.17) is 9.31 Å². The van der Waals surface area contributed by atoms with E-state index in [-0.39, 0.29) is 0 Å². The monoisotopic (exact) mass is 234 g/mol. The van der Waals surface area contributed by atoms with Crippen molar-refractivity contribution in [1.82, 2.24) is 0 Å². The van der Waals surface area contributed by atoms with Gasteiger partial charge in [-0.05, 0) is 50.7 Å². The summed E-state index contributed by atoms with van der Waals surface area (Å²) in [6, 6.07) is 0. The normalized spacial score (nSPS) is 21.6. The molecular formula is C14H23BO2. The SMILES string of the molecule is B(OC1=CCCCCC1)OC1=CCCCCC1. The van der Waals surface area contributed by atoms with E-state index in [9.17, 15) is 0 Å². The van der Waals surface area contributed by atoms with Gasteiger partial charge in [0.05, 0.1) is 11.5 Å². The maximum atomic E-state index is 5.70. The zero-order chi connectivity index (χ0) is 11.8. The van der Waals surface area contributed by atoms with E-state index < -0.39 is 0 Å². The molecule has 0 aromatic rings. The van der Waals surface area contributed by atoms with E-state index in [1.807, 2.05) is 0 Å². The summed E-state index contributed by atoms with van der Waals surface area (Å²) in [6.45, 7) is 0. The predicted octanol–water partition coefficient (Wildman–Crippen LogP) is 3.98. The molecule has 17 heavy (non-hydrogen) atoms. The number of allylic oxidation sites excluding steroid dienone is 4. The van der Waals surface area contributed by atoms with Crippen LogP contribution in [0.3, 0.4) is 0 Å². The van der Waals surface area contributed by atoms with Crippen LogP contribution in [0, 0.1) is 0 Å². The van der Waals surface area contributed by atoms with Crippen molar-refractivity contribution in [2.45, 2.75) is 64.2 Å². The van der Waals surface area contributed by atoms with Crippen LogP contribution in [-0.2, 0) is 9.31 Å². The average Bonchev–Trinajstić information content (AvgIpc) is 2.73. The zero-order valence-electron chi connectivity index (χ0n) is 10.7. The fraction of sp³-hybridized carbons (Fsp3) is 0.714. The van der Waals surface area contributed by atoms with Gasteiger partial charge in [0.2, 0.25) is 0 Å². The lowest BCUT2D eigenvalue weighted by Gasteiger charge is -2.11. The molecule has 0 spiro atoms. The Labute approximate surface area is 105 Å². The van der Waals surface area contributed by atoms with E-state index in [1.54, 1.807) is 0 Å². The van der Waals surface area contributed by atoms with Crippen LogP contribution in [0.25, 0.3) is 0 Å². The molecule has 0 atom stereocenters. The second-order valence-corrected chi connectivity index (χ2v) is 4.95. The van der Waals surface area contributed by atoms with Crippen LogP contribution in [0.2, 0.25) is 0 Å². The first kappa shape index (κ1) is 12.6. The van der Waals surface area contributed by atoms with Crippen LogP contribution in [0.15, 0.2) is 23.7 Å². The summed E-state index contributed by atoms with van der Waals surface area (Å²) < 4.78 is 11.4. The summed E-state index contributed by atoms with van der Waals surface area (Å²) >= 11 is 0. The smallest absolute Gasteiger partial charge is 0.532 e. The Morgan fingerprint density at radius 2 is 1.24 bits per heavy atom. The van der Waals surface area contributed by atoms with Crippen molar-refractivity contribution in [3.05, 3.63) is 23.7 Å². The molecular weight excluding hydrogens is 211 g/mol. The number of hydrogen-bond donors (Lipinski definition) is 0. The van der Waals surface area contributed by atoms with E-state index in [2.05, 4.69) is 12.2 Å². The second-order valence-electron chi connectivity index (χ2n) is 4.95. The lowest BCUT2D eigenvalue weighted by molar-refractivity contribution is 0.304. The molecule has 2 nitrogen and oxygen atoms in total. The highest BCUT2D eigenvalue weighted by Crippen LogP contribution is 2.20. The molecule has 0 N–H and O–H groups in total. The highest BCUT2D eigenvalue weighted by molar-refractivity contribution is 6.19. The highest BCUT2D eigenvalue weighted by atomic mass is 16.6. The quantitative estimate of drug-likeness (QED) is 0.685. The van der Waals surface area contributed by atoms with Crippen LogP contribution in [0.5, 0.6) is 0 Å². The third kappa shape index (κ3) is 4.89. The van der Waals surface area contributed by atoms with Crippen molar-refractivity contribution in [3.63, 3.8) is 0 Å². The molecule has 3 heteroatoms. The summed E-state index contributed by atoms with van der Waals surface area (Å²) in [5.74, 6) is 2.27. The van der Waals surface area contributed by atoms with Crippen molar-refractivity contribution in [3.8, 4) is 0 Å². The number of rotatable bonds is 4. The van der Waals surface area contributed by atoms with Crippen LogP contribution in [-0.4, -0.2) is 7.69 Å². The molecule has 0 saturated carbocycles. The molecule has 2 rings (SSSR count). The first-order valence-corrected chi connectivity index (χ1v) is 7.09. The molecule has 0 aliphatic heterocycles. The van der Waals surface area contributed by atoms with Crippen LogP contribution in [0.4, 0.5) is 0 Å². The molecule has 94 valence electrons. The van der Waals surface area contributed by atoms with Crippen LogP contribution >= 0.6 is 0 Å². The minimum Gasteiger partial charge on any atom is -0.532 e. The van der Waals surface area contributed by atoms with E-state index >= 15 is 0 Å². The maximum Gasteiger partial charge on any atom is 0.576 e. The van der Waals surface area contributed by atoms with Crippen molar-refractivity contribution in [2.24, 2.45) is 0 Å². The standard InChI is InChI=1S/C14H23BO2/c1-2-6-10-13(9-5-1)16-15-17-14-11-7-3-4-8-12-14/h9,11,15H,1-8,10,12H2. The first-order chi connectivity index (χ1) is 8.45. The van der Waals surface area contributed by atoms with Gasteiger partial charge >= 0.3 is 7.69 Å². The Morgan fingerprint density at radius 3 is 1.76 bits per heavy atom. The Balaban J connectivity index is 1.67. The number of hydrogen-bond acceptors (Lipinski definition) is 2. The van der Waals surface area contributed by atoms with Gasteiger partial charge in [0.25, 0.3) is 0 Å². The highest BCUT2D eigenvalue weighted by Gasteiger charge is 2.08. The van der Waals surface area contributed by atoms with Gasteiger partial charge in [-0.2, -0.15) is 0 Å². The maximum absolute atomic E-state index is 5.70. The first-order valence-electron chi connectivity index (χ1n) is 7.09. The fourth-order valence-corrected chi connectivity index (χ4v) is 2.41. The van der Waals surface area contributed by atoms with Gasteiger partial charge < -0.3 is 9.31 Å². The minimum atomic E-state index is 0.400. The van der Waals surface area contributed by atoms with Gasteiger partial charge in [0.1, 0.15) is 0 Å². The molecule has 0 unspecified atom stereocenters. The second kappa shape index (κ2) is 7.47. The largest absolute Gasteiger partial charge is 0.576 e. The van der Waals surface area contributed by atoms with Gasteiger partial charge in [-0.3, -0.25) is 0 Å². The van der Waals surface area contributed by atoms with Gasteiger partial charge in [-0.1, -0.05) is 12.8 Å². The Hall–Kier alpha value is -0.855. The third-order valence-corrected chi connectivity index (χ3v) is 3.49. The summed E-state index contributed by atoms with van der Waals surface area (Å²) in [7, 11) is 0.400. The molecule has 0 aromatic heterocycles. The summed E-state index contributed by atoms with van der Waals surface area (Å²) in [6.07, 6.45) is 16.8.